The summed E-state index contributed by atoms with van der Waals surface area (Å²) in [5.41, 5.74) is 3.08. The second kappa shape index (κ2) is 23.3. The lowest BCUT2D eigenvalue weighted by atomic mass is 9.89. The van der Waals surface area contributed by atoms with E-state index >= 15 is 0 Å². The maximum atomic E-state index is 13.5. The highest BCUT2D eigenvalue weighted by Crippen LogP contribution is 2.62. The summed E-state index contributed by atoms with van der Waals surface area (Å²) in [5, 5.41) is 0. The first-order valence-corrected chi connectivity index (χ1v) is 34.8. The van der Waals surface area contributed by atoms with Crippen molar-refractivity contribution in [3.8, 4) is 0 Å². The molecule has 16 nitrogen and oxygen atoms in total. The number of hydrogen-bond donors (Lipinski definition) is 0. The molecule has 0 radical (unpaired) electrons. The van der Waals surface area contributed by atoms with E-state index in [1.165, 1.54) is 0 Å². The van der Waals surface area contributed by atoms with E-state index in [2.05, 4.69) is 0 Å². The minimum Gasteiger partial charge on any atom is -0.459 e. The normalized spacial score (nSPS) is 41.0. The van der Waals surface area contributed by atoms with Crippen molar-refractivity contribution in [3.05, 3.63) is 142 Å². The van der Waals surface area contributed by atoms with Gasteiger partial charge in [0.1, 0.15) is 48.8 Å². The molecule has 7 heterocycles. The van der Waals surface area contributed by atoms with E-state index < -0.39 is 47.8 Å². The van der Waals surface area contributed by atoms with Crippen molar-refractivity contribution < 1.29 is 76.3 Å². The molecule has 12 saturated carbocycles. The number of carbonyl (C=O) groups is 8. The van der Waals surface area contributed by atoms with Crippen LogP contribution in [-0.4, -0.2) is 96.6 Å². The van der Waals surface area contributed by atoms with Crippen LogP contribution in [0.5, 0.6) is 0 Å². The number of rotatable bonds is 0. The van der Waals surface area contributed by atoms with Crippen molar-refractivity contribution in [2.75, 3.05) is 0 Å². The van der Waals surface area contributed by atoms with Crippen molar-refractivity contribution >= 4 is 47.8 Å². The molecule has 480 valence electrons. The predicted octanol–water partition coefficient (Wildman–Crippen LogP) is 12.8. The Labute approximate surface area is 535 Å². The quantitative estimate of drug-likeness (QED) is 0.118. The van der Waals surface area contributed by atoms with E-state index in [1.807, 2.05) is 0 Å². The average molecular weight is 1250 g/mol. The third-order valence-corrected chi connectivity index (χ3v) is 25.9. The van der Waals surface area contributed by atoms with Crippen molar-refractivity contribution in [2.24, 2.45) is 94.7 Å². The Hall–Kier alpha value is -7.36. The lowest BCUT2D eigenvalue weighted by Gasteiger charge is -2.19. The van der Waals surface area contributed by atoms with Crippen LogP contribution in [0.4, 0.5) is 0 Å². The zero-order valence-electron chi connectivity index (χ0n) is 51.8. The summed E-state index contributed by atoms with van der Waals surface area (Å²) in [5.74, 6) is 3.40. The molecular weight excluding hydrogens is 1170 g/mol. The number of esters is 8. The summed E-state index contributed by atoms with van der Waals surface area (Å²) in [6.07, 6.45) is 15.0. The van der Waals surface area contributed by atoms with Gasteiger partial charge in [0.25, 0.3) is 0 Å². The third-order valence-electron chi connectivity index (χ3n) is 25.9. The number of ether oxygens (including phenoxy) is 8. The van der Waals surface area contributed by atoms with Crippen molar-refractivity contribution in [2.45, 2.75) is 177 Å². The van der Waals surface area contributed by atoms with Gasteiger partial charge in [0.05, 0.1) is 44.5 Å². The zero-order chi connectivity index (χ0) is 62.2. The highest BCUT2D eigenvalue weighted by molar-refractivity contribution is 5.96. The summed E-state index contributed by atoms with van der Waals surface area (Å²) in [6, 6.07) is 26.3. The van der Waals surface area contributed by atoms with Gasteiger partial charge >= 0.3 is 47.8 Å². The Bertz CT molecular complexity index is 2900. The van der Waals surface area contributed by atoms with Crippen molar-refractivity contribution in [1.82, 2.24) is 0 Å². The highest BCUT2D eigenvalue weighted by atomic mass is 16.6. The lowest BCUT2D eigenvalue weighted by Crippen LogP contribution is -2.20. The zero-order valence-corrected chi connectivity index (χ0v) is 51.8. The SMILES string of the molecule is O=C1OC2C[C@@H]3C[C@@H]4CC(C[C@@H]4[C@@H]3C2)OC(=O)c2ccc(cc2)C(=O)O[C@@H]2C[C@@H]3C[C@@H]4C[C@@H](C[C@@H]4[C@@H]3C2)OC(=O)c2ccc(cc2)C(=O)OC2C[C@H]3C[C@H]4CC(C[C@H]4[C@H]3C2)OC(=O)c2ccc(cc2)C(=O)O[C@H]2C[C@H]3C[C@H]4C[C@H](C[C@H]4[C@H]3C2)OC(=O)c2ccc1cc2. The molecule has 23 rings (SSSR count). The Morgan fingerprint density at radius 3 is 0.380 bits per heavy atom. The van der Waals surface area contributed by atoms with E-state index in [4.69, 9.17) is 37.9 Å². The largest absolute Gasteiger partial charge is 0.459 e. The van der Waals surface area contributed by atoms with Crippen LogP contribution < -0.4 is 0 Å². The van der Waals surface area contributed by atoms with E-state index in [0.29, 0.717) is 139 Å². The monoisotopic (exact) mass is 1250 g/mol. The standard InChI is InChI=1S/C76H80O16/c77-69-37-1-2-38(4-3-37)70(78)86-54-22-46-18-48-24-56(32-64(48)62(46)30-54)88-72(80)40-9-11-42(12-10-40)74(82)90-58-26-50-20-52-28-60(36-68(52)66(50)34-58)92-76(84)44-15-13-43(14-16-44)75(83)91-59-27-51-19-49-25-57(33-65(49)67(51)35-59)89-73(81)41-7-5-39(6-8-41)71(79)87-55-23-47-17-45-21-53(85-69)29-61(45)63(47)31-55/h1-16,45-68H,17-36H2/t45-,46-,47+,48+,49-,50-,51+,52+,53+,54?,55-,56?,57?,58+,59?,60-,61+,62+,63-,64-,65+,66+,67-,68-. The van der Waals surface area contributed by atoms with Crippen molar-refractivity contribution in [3.63, 3.8) is 0 Å². The fourth-order valence-electron chi connectivity index (χ4n) is 22.3. The molecule has 24 atom stereocenters. The Balaban J connectivity index is 0.530. The topological polar surface area (TPSA) is 210 Å². The summed E-state index contributed by atoms with van der Waals surface area (Å²) in [7, 11) is 0. The average Bonchev–Trinajstić information content (AvgIpc) is 1.65. The molecule has 0 N–H and O–H groups in total. The Kier molecular flexibility index (Phi) is 14.8. The summed E-state index contributed by atoms with van der Waals surface area (Å²) in [6.45, 7) is 0. The van der Waals surface area contributed by atoms with Crippen LogP contribution in [0.15, 0.2) is 97.1 Å². The van der Waals surface area contributed by atoms with Gasteiger partial charge in [-0.05, 0) is 320 Å². The van der Waals surface area contributed by atoms with Gasteiger partial charge in [-0.1, -0.05) is 0 Å². The number of benzene rings is 4. The molecule has 92 heavy (non-hydrogen) atoms. The maximum absolute atomic E-state index is 13.5. The van der Waals surface area contributed by atoms with Crippen LogP contribution in [0, 0.1) is 94.7 Å². The van der Waals surface area contributed by atoms with E-state index in [0.717, 1.165) is 128 Å². The van der Waals surface area contributed by atoms with E-state index in [1.54, 1.807) is 97.1 Å². The van der Waals surface area contributed by atoms with Crippen LogP contribution in [-0.2, 0) is 37.9 Å². The molecule has 12 aliphatic carbocycles. The summed E-state index contributed by atoms with van der Waals surface area (Å²) < 4.78 is 48.8. The molecular formula is C76H80O16. The second-order valence-electron chi connectivity index (χ2n) is 30.6. The van der Waals surface area contributed by atoms with Crippen LogP contribution >= 0.6 is 0 Å². The van der Waals surface area contributed by atoms with E-state index in [-0.39, 0.29) is 48.8 Å². The van der Waals surface area contributed by atoms with Crippen LogP contribution in [0.25, 0.3) is 0 Å². The van der Waals surface area contributed by atoms with Gasteiger partial charge in [0.15, 0.2) is 0 Å². The maximum Gasteiger partial charge on any atom is 0.338 e. The molecule has 12 fully saturated rings. The first kappa shape index (κ1) is 58.5. The van der Waals surface area contributed by atoms with Crippen LogP contribution in [0.3, 0.4) is 0 Å². The van der Waals surface area contributed by atoms with Crippen LogP contribution in [0.1, 0.15) is 211 Å². The van der Waals surface area contributed by atoms with Gasteiger partial charge < -0.3 is 37.9 Å². The highest BCUT2D eigenvalue weighted by Gasteiger charge is 2.58. The fourth-order valence-corrected chi connectivity index (χ4v) is 22.3. The van der Waals surface area contributed by atoms with Gasteiger partial charge in [0, 0.05) is 0 Å². The minimum atomic E-state index is -0.408. The molecule has 0 aromatic heterocycles. The van der Waals surface area contributed by atoms with Gasteiger partial charge in [-0.3, -0.25) is 0 Å². The lowest BCUT2D eigenvalue weighted by molar-refractivity contribution is 0.0266. The van der Waals surface area contributed by atoms with E-state index in [9.17, 15) is 38.4 Å². The third kappa shape index (κ3) is 10.9. The van der Waals surface area contributed by atoms with Gasteiger partial charge in [0.2, 0.25) is 0 Å². The molecule has 0 amide bonds. The smallest absolute Gasteiger partial charge is 0.338 e. The summed E-state index contributed by atoms with van der Waals surface area (Å²) >= 11 is 0. The second-order valence-corrected chi connectivity index (χ2v) is 30.6. The molecule has 4 unspecified atom stereocenters. The van der Waals surface area contributed by atoms with Crippen molar-refractivity contribution in [1.29, 1.82) is 0 Å². The number of hydrogen-bond acceptors (Lipinski definition) is 16. The van der Waals surface area contributed by atoms with Crippen LogP contribution in [0.2, 0.25) is 0 Å². The number of carbonyl (C=O) groups excluding carboxylic acids is 8. The van der Waals surface area contributed by atoms with Gasteiger partial charge in [-0.15, -0.1) is 0 Å². The molecule has 0 spiro atoms. The predicted molar refractivity (Wildman–Crippen MR) is 328 cm³/mol. The molecule has 4 aromatic rings. The molecule has 24 bridgehead atoms. The van der Waals surface area contributed by atoms with Gasteiger partial charge in [-0.25, -0.2) is 38.4 Å². The molecule has 16 heteroatoms. The Morgan fingerprint density at radius 2 is 0.272 bits per heavy atom. The molecule has 7 aliphatic heterocycles. The summed E-state index contributed by atoms with van der Waals surface area (Å²) in [4.78, 5) is 108. The molecule has 19 aliphatic rings. The first-order chi connectivity index (χ1) is 44.7. The first-order valence-electron chi connectivity index (χ1n) is 34.8. The Morgan fingerprint density at radius 1 is 0.163 bits per heavy atom. The fraction of sp³-hybridized carbons (Fsp3) is 0.579. The molecule has 4 aromatic carbocycles. The molecule has 0 saturated heterocycles. The van der Waals surface area contributed by atoms with Gasteiger partial charge in [-0.2, -0.15) is 0 Å². The minimum absolute atomic E-state index is 0.210.